The van der Waals surface area contributed by atoms with E-state index in [1.807, 2.05) is 12.1 Å². The van der Waals surface area contributed by atoms with Crippen LogP contribution >= 0.6 is 0 Å². The quantitative estimate of drug-likeness (QED) is 0.862. The Hall–Kier alpha value is -1.56. The molecule has 0 aliphatic carbocycles. The van der Waals surface area contributed by atoms with Gasteiger partial charge in [-0.05, 0) is 31.0 Å². The summed E-state index contributed by atoms with van der Waals surface area (Å²) in [6.07, 6.45) is 1.85. The molecule has 2 heterocycles. The predicted octanol–water partition coefficient (Wildman–Crippen LogP) is 1.44. The summed E-state index contributed by atoms with van der Waals surface area (Å²) in [5.41, 5.74) is 2.22. The van der Waals surface area contributed by atoms with Gasteiger partial charge in [0.05, 0.1) is 5.52 Å². The molecule has 6 heteroatoms. The molecule has 96 valence electrons. The van der Waals surface area contributed by atoms with Crippen molar-refractivity contribution in [1.29, 1.82) is 0 Å². The highest BCUT2D eigenvalue weighted by Gasteiger charge is 2.17. The Labute approximate surface area is 106 Å². The lowest BCUT2D eigenvalue weighted by molar-refractivity contribution is 0.555. The number of anilines is 1. The van der Waals surface area contributed by atoms with Crippen molar-refractivity contribution in [3.63, 3.8) is 0 Å². The molecule has 2 aromatic rings. The molecule has 1 aliphatic rings. The van der Waals surface area contributed by atoms with Crippen LogP contribution in [0.15, 0.2) is 27.4 Å². The molecule has 0 spiro atoms. The lowest BCUT2D eigenvalue weighted by atomic mass is 10.1. The molecule has 2 N–H and O–H groups in total. The molecule has 5 nitrogen and oxygen atoms in total. The average molecular weight is 266 g/mol. The molecule has 0 radical (unpaired) electrons. The number of oxazole rings is 1. The van der Waals surface area contributed by atoms with E-state index < -0.39 is 16.6 Å². The molecule has 1 aromatic heterocycles. The van der Waals surface area contributed by atoms with Crippen LogP contribution < -0.4 is 11.1 Å². The maximum Gasteiger partial charge on any atom is 0.417 e. The van der Waals surface area contributed by atoms with Gasteiger partial charge in [0.25, 0.3) is 0 Å². The number of hydrogen-bond donors (Lipinski definition) is 2. The summed E-state index contributed by atoms with van der Waals surface area (Å²) in [6.45, 7) is 0. The first-order valence-corrected chi connectivity index (χ1v) is 7.44. The van der Waals surface area contributed by atoms with Crippen LogP contribution in [0.1, 0.15) is 12.8 Å². The molecule has 0 atom stereocenters. The minimum Gasteiger partial charge on any atom is -0.408 e. The van der Waals surface area contributed by atoms with Gasteiger partial charge in [-0.25, -0.2) is 4.79 Å². The summed E-state index contributed by atoms with van der Waals surface area (Å²) >= 11 is 0. The van der Waals surface area contributed by atoms with E-state index in [2.05, 4.69) is 10.3 Å². The van der Waals surface area contributed by atoms with Gasteiger partial charge in [0.2, 0.25) is 0 Å². The Morgan fingerprint density at radius 1 is 1.33 bits per heavy atom. The van der Waals surface area contributed by atoms with Crippen molar-refractivity contribution in [3.8, 4) is 0 Å². The SMILES string of the molecule is O=c1[nH]c2cc(NC3CCS(=O)CC3)ccc2o1. The molecule has 1 saturated heterocycles. The van der Waals surface area contributed by atoms with Crippen molar-refractivity contribution in [2.75, 3.05) is 16.8 Å². The van der Waals surface area contributed by atoms with Gasteiger partial charge >= 0.3 is 5.76 Å². The molecule has 18 heavy (non-hydrogen) atoms. The molecule has 1 aromatic carbocycles. The number of rotatable bonds is 2. The molecular formula is C12H14N2O3S. The molecule has 1 fully saturated rings. The third-order valence-electron chi connectivity index (χ3n) is 3.18. The number of hydrogen-bond acceptors (Lipinski definition) is 4. The van der Waals surface area contributed by atoms with Crippen molar-refractivity contribution in [1.82, 2.24) is 4.98 Å². The highest BCUT2D eigenvalue weighted by Crippen LogP contribution is 2.20. The van der Waals surface area contributed by atoms with Crippen LogP contribution in [0.2, 0.25) is 0 Å². The highest BCUT2D eigenvalue weighted by molar-refractivity contribution is 7.85. The van der Waals surface area contributed by atoms with Crippen LogP contribution in [0.25, 0.3) is 11.1 Å². The van der Waals surface area contributed by atoms with Crippen LogP contribution in [-0.2, 0) is 10.8 Å². The van der Waals surface area contributed by atoms with Crippen LogP contribution in [0.4, 0.5) is 5.69 Å². The van der Waals surface area contributed by atoms with Gasteiger partial charge in [0.15, 0.2) is 5.58 Å². The predicted molar refractivity (Wildman–Crippen MR) is 71.4 cm³/mol. The van der Waals surface area contributed by atoms with Crippen molar-refractivity contribution in [2.45, 2.75) is 18.9 Å². The Kier molecular flexibility index (Phi) is 2.95. The third-order valence-corrected chi connectivity index (χ3v) is 4.56. The Bertz CT molecular complexity index is 636. The summed E-state index contributed by atoms with van der Waals surface area (Å²) < 4.78 is 16.2. The Morgan fingerprint density at radius 2 is 2.11 bits per heavy atom. The summed E-state index contributed by atoms with van der Waals surface area (Å²) in [6, 6.07) is 5.89. The van der Waals surface area contributed by atoms with Gasteiger partial charge in [-0.15, -0.1) is 0 Å². The van der Waals surface area contributed by atoms with E-state index in [1.54, 1.807) is 6.07 Å². The van der Waals surface area contributed by atoms with Crippen molar-refractivity contribution < 1.29 is 8.63 Å². The molecule has 0 saturated carbocycles. The first-order valence-electron chi connectivity index (χ1n) is 5.95. The first-order chi connectivity index (χ1) is 8.70. The van der Waals surface area contributed by atoms with Crippen LogP contribution in [-0.4, -0.2) is 26.7 Å². The Balaban J connectivity index is 1.78. The zero-order chi connectivity index (χ0) is 12.5. The van der Waals surface area contributed by atoms with Crippen molar-refractivity contribution in [2.24, 2.45) is 0 Å². The van der Waals surface area contributed by atoms with Gasteiger partial charge in [-0.1, -0.05) is 0 Å². The number of aromatic nitrogens is 1. The second-order valence-corrected chi connectivity index (χ2v) is 6.19. The van der Waals surface area contributed by atoms with Gasteiger partial charge in [0.1, 0.15) is 0 Å². The van der Waals surface area contributed by atoms with E-state index in [1.165, 1.54) is 0 Å². The fourth-order valence-corrected chi connectivity index (χ4v) is 3.51. The van der Waals surface area contributed by atoms with E-state index in [-0.39, 0.29) is 0 Å². The number of fused-ring (bicyclic) bond motifs is 1. The van der Waals surface area contributed by atoms with Crippen molar-refractivity contribution in [3.05, 3.63) is 28.7 Å². The smallest absolute Gasteiger partial charge is 0.408 e. The largest absolute Gasteiger partial charge is 0.417 e. The topological polar surface area (TPSA) is 75.1 Å². The minimum atomic E-state index is -0.640. The average Bonchev–Trinajstić information content (AvgIpc) is 2.71. The third kappa shape index (κ3) is 2.33. The summed E-state index contributed by atoms with van der Waals surface area (Å²) in [4.78, 5) is 13.7. The maximum atomic E-state index is 11.3. The Morgan fingerprint density at radius 3 is 2.89 bits per heavy atom. The molecule has 0 bridgehead atoms. The normalized spacial score (nSPS) is 24.2. The van der Waals surface area contributed by atoms with Gasteiger partial charge in [0, 0.05) is 34.0 Å². The standard InChI is InChI=1S/C12H14N2O3S/c15-12-14-10-7-9(1-2-11(10)17-12)13-8-3-5-18(16)6-4-8/h1-2,7-8,13H,3-6H2,(H,14,15). The maximum absolute atomic E-state index is 11.3. The van der Waals surface area contributed by atoms with Crippen LogP contribution in [0, 0.1) is 0 Å². The van der Waals surface area contributed by atoms with Gasteiger partial charge in [-0.3, -0.25) is 9.19 Å². The number of benzene rings is 1. The lowest BCUT2D eigenvalue weighted by Crippen LogP contribution is -2.29. The fraction of sp³-hybridized carbons (Fsp3) is 0.417. The summed E-state index contributed by atoms with van der Waals surface area (Å²) in [7, 11) is -0.640. The van der Waals surface area contributed by atoms with E-state index in [0.29, 0.717) is 17.1 Å². The van der Waals surface area contributed by atoms with Crippen molar-refractivity contribution >= 4 is 27.6 Å². The zero-order valence-corrected chi connectivity index (χ0v) is 10.6. The van der Waals surface area contributed by atoms with E-state index in [9.17, 15) is 9.00 Å². The second-order valence-electron chi connectivity index (χ2n) is 4.49. The van der Waals surface area contributed by atoms with E-state index in [0.717, 1.165) is 30.0 Å². The number of nitrogens with one attached hydrogen (secondary N) is 2. The lowest BCUT2D eigenvalue weighted by Gasteiger charge is -2.23. The fourth-order valence-electron chi connectivity index (χ4n) is 2.22. The highest BCUT2D eigenvalue weighted by atomic mass is 32.2. The first kappa shape index (κ1) is 11.5. The summed E-state index contributed by atoms with van der Waals surface area (Å²) in [5.74, 6) is 1.10. The van der Waals surface area contributed by atoms with Gasteiger partial charge < -0.3 is 9.73 Å². The molecule has 0 amide bonds. The van der Waals surface area contributed by atoms with Crippen LogP contribution in [0.3, 0.4) is 0 Å². The number of aromatic amines is 1. The van der Waals surface area contributed by atoms with Gasteiger partial charge in [-0.2, -0.15) is 0 Å². The number of H-pyrrole nitrogens is 1. The molecular weight excluding hydrogens is 252 g/mol. The zero-order valence-electron chi connectivity index (χ0n) is 9.77. The van der Waals surface area contributed by atoms with Crippen LogP contribution in [0.5, 0.6) is 0 Å². The molecule has 3 rings (SSSR count). The monoisotopic (exact) mass is 266 g/mol. The molecule has 1 aliphatic heterocycles. The van der Waals surface area contributed by atoms with E-state index >= 15 is 0 Å². The minimum absolute atomic E-state index is 0.360. The molecule has 0 unspecified atom stereocenters. The van der Waals surface area contributed by atoms with E-state index in [4.69, 9.17) is 4.42 Å². The second kappa shape index (κ2) is 4.61. The summed E-state index contributed by atoms with van der Waals surface area (Å²) in [5, 5.41) is 3.40.